The minimum atomic E-state index is 0. The smallest absolute Gasteiger partial charge is 0.189 e. The number of anilines is 1. The van der Waals surface area contributed by atoms with E-state index in [9.17, 15) is 0 Å². The Labute approximate surface area is 106 Å². The van der Waals surface area contributed by atoms with Gasteiger partial charge in [0.15, 0.2) is 5.16 Å². The van der Waals surface area contributed by atoms with E-state index in [1.165, 1.54) is 0 Å². The molecule has 0 bridgehead atoms. The van der Waals surface area contributed by atoms with Crippen molar-refractivity contribution < 1.29 is 0 Å². The number of hydrogen-bond acceptors (Lipinski definition) is 5. The fourth-order valence-corrected chi connectivity index (χ4v) is 2.18. The minimum absolute atomic E-state index is 0. The highest BCUT2D eigenvalue weighted by Crippen LogP contribution is 2.18. The number of rotatable bonds is 2. The summed E-state index contributed by atoms with van der Waals surface area (Å²) in [5.74, 6) is 1.00. The summed E-state index contributed by atoms with van der Waals surface area (Å²) in [5, 5.41) is 0.826. The highest BCUT2D eigenvalue weighted by molar-refractivity contribution is 7.98. The first kappa shape index (κ1) is 13.5. The molecule has 1 aliphatic heterocycles. The molecule has 2 rings (SSSR count). The van der Waals surface area contributed by atoms with Crippen LogP contribution in [0.1, 0.15) is 12.8 Å². The third kappa shape index (κ3) is 3.23. The Morgan fingerprint density at radius 3 is 3.06 bits per heavy atom. The van der Waals surface area contributed by atoms with E-state index in [1.54, 1.807) is 11.8 Å². The van der Waals surface area contributed by atoms with Crippen molar-refractivity contribution in [2.75, 3.05) is 24.2 Å². The SMILES string of the molecule is CSc1nccc(N2CCCC(N)C2)n1.Cl. The normalized spacial score (nSPS) is 20.4. The molecule has 2 heterocycles. The van der Waals surface area contributed by atoms with Crippen LogP contribution in [0.25, 0.3) is 0 Å². The Morgan fingerprint density at radius 2 is 2.38 bits per heavy atom. The van der Waals surface area contributed by atoms with E-state index in [0.29, 0.717) is 0 Å². The standard InChI is InChI=1S/C10H16N4S.ClH/c1-15-10-12-5-4-9(13-10)14-6-2-3-8(11)7-14;/h4-5,8H,2-3,6-7,11H2,1H3;1H. The largest absolute Gasteiger partial charge is 0.355 e. The molecule has 0 aromatic carbocycles. The van der Waals surface area contributed by atoms with Gasteiger partial charge >= 0.3 is 0 Å². The van der Waals surface area contributed by atoms with Crippen LogP contribution in [0.5, 0.6) is 0 Å². The quantitative estimate of drug-likeness (QED) is 0.646. The molecule has 0 saturated carbocycles. The fourth-order valence-electron chi connectivity index (χ4n) is 1.82. The van der Waals surface area contributed by atoms with Gasteiger partial charge in [-0.15, -0.1) is 12.4 Å². The summed E-state index contributed by atoms with van der Waals surface area (Å²) < 4.78 is 0. The maximum Gasteiger partial charge on any atom is 0.189 e. The molecule has 0 aliphatic carbocycles. The van der Waals surface area contributed by atoms with Gasteiger partial charge in [0.25, 0.3) is 0 Å². The topological polar surface area (TPSA) is 55.0 Å². The van der Waals surface area contributed by atoms with Gasteiger partial charge in [0, 0.05) is 25.3 Å². The Bertz CT molecular complexity index is 336. The van der Waals surface area contributed by atoms with Crippen molar-refractivity contribution >= 4 is 30.0 Å². The highest BCUT2D eigenvalue weighted by atomic mass is 35.5. The van der Waals surface area contributed by atoms with Crippen LogP contribution in [0.2, 0.25) is 0 Å². The predicted octanol–water partition coefficient (Wildman–Crippen LogP) is 1.55. The molecule has 6 heteroatoms. The van der Waals surface area contributed by atoms with E-state index in [-0.39, 0.29) is 18.4 Å². The Kier molecular flexibility index (Phi) is 5.31. The molecule has 1 atom stereocenters. The average molecular weight is 261 g/mol. The Balaban J connectivity index is 0.00000128. The van der Waals surface area contributed by atoms with E-state index in [2.05, 4.69) is 14.9 Å². The van der Waals surface area contributed by atoms with Crippen LogP contribution >= 0.6 is 24.2 Å². The van der Waals surface area contributed by atoms with Gasteiger partial charge in [0.2, 0.25) is 0 Å². The second-order valence-corrected chi connectivity index (χ2v) is 4.52. The lowest BCUT2D eigenvalue weighted by molar-refractivity contribution is 0.502. The van der Waals surface area contributed by atoms with Gasteiger partial charge in [-0.2, -0.15) is 0 Å². The summed E-state index contributed by atoms with van der Waals surface area (Å²) in [7, 11) is 0. The van der Waals surface area contributed by atoms with Gasteiger partial charge in [0.1, 0.15) is 5.82 Å². The molecule has 0 radical (unpaired) electrons. The van der Waals surface area contributed by atoms with Gasteiger partial charge in [-0.3, -0.25) is 0 Å². The Morgan fingerprint density at radius 1 is 1.56 bits per heavy atom. The fraction of sp³-hybridized carbons (Fsp3) is 0.600. The van der Waals surface area contributed by atoms with Crippen molar-refractivity contribution in [2.24, 2.45) is 5.73 Å². The zero-order valence-electron chi connectivity index (χ0n) is 9.30. The van der Waals surface area contributed by atoms with E-state index < -0.39 is 0 Å². The lowest BCUT2D eigenvalue weighted by Crippen LogP contribution is -2.43. The van der Waals surface area contributed by atoms with Crippen molar-refractivity contribution in [1.82, 2.24) is 9.97 Å². The van der Waals surface area contributed by atoms with Crippen molar-refractivity contribution in [2.45, 2.75) is 24.0 Å². The summed E-state index contributed by atoms with van der Waals surface area (Å²) >= 11 is 1.57. The number of halogens is 1. The van der Waals surface area contributed by atoms with Crippen molar-refractivity contribution in [1.29, 1.82) is 0 Å². The molecule has 0 amide bonds. The van der Waals surface area contributed by atoms with Gasteiger partial charge in [-0.05, 0) is 25.2 Å². The van der Waals surface area contributed by atoms with Crippen molar-refractivity contribution in [3.63, 3.8) is 0 Å². The van der Waals surface area contributed by atoms with E-state index in [1.807, 2.05) is 18.5 Å². The summed E-state index contributed by atoms with van der Waals surface area (Å²) in [6.07, 6.45) is 6.08. The molecule has 16 heavy (non-hydrogen) atoms. The van der Waals surface area contributed by atoms with E-state index in [0.717, 1.165) is 36.9 Å². The molecule has 1 fully saturated rings. The number of nitrogens with zero attached hydrogens (tertiary/aromatic N) is 3. The van der Waals surface area contributed by atoms with E-state index >= 15 is 0 Å². The number of thioether (sulfide) groups is 1. The highest BCUT2D eigenvalue weighted by Gasteiger charge is 2.17. The molecule has 0 spiro atoms. The number of nitrogens with two attached hydrogens (primary N) is 1. The lowest BCUT2D eigenvalue weighted by Gasteiger charge is -2.31. The van der Waals surface area contributed by atoms with Crippen LogP contribution in [-0.2, 0) is 0 Å². The second-order valence-electron chi connectivity index (χ2n) is 3.75. The van der Waals surface area contributed by atoms with Crippen LogP contribution in [-0.4, -0.2) is 35.4 Å². The van der Waals surface area contributed by atoms with Crippen molar-refractivity contribution in [3.8, 4) is 0 Å². The number of piperidine rings is 1. The molecule has 2 N–H and O–H groups in total. The molecule has 1 aliphatic rings. The van der Waals surface area contributed by atoms with Gasteiger partial charge in [0.05, 0.1) is 0 Å². The molecule has 4 nitrogen and oxygen atoms in total. The van der Waals surface area contributed by atoms with Gasteiger partial charge in [-0.1, -0.05) is 11.8 Å². The first-order valence-electron chi connectivity index (χ1n) is 5.17. The minimum Gasteiger partial charge on any atom is -0.355 e. The molecule has 1 unspecified atom stereocenters. The van der Waals surface area contributed by atoms with Crippen LogP contribution in [0, 0.1) is 0 Å². The zero-order valence-corrected chi connectivity index (χ0v) is 10.9. The first-order valence-corrected chi connectivity index (χ1v) is 6.39. The van der Waals surface area contributed by atoms with Crippen molar-refractivity contribution in [3.05, 3.63) is 12.3 Å². The maximum atomic E-state index is 5.94. The number of aromatic nitrogens is 2. The zero-order chi connectivity index (χ0) is 10.7. The Hall–Kier alpha value is -0.520. The third-order valence-electron chi connectivity index (χ3n) is 2.58. The molecule has 1 saturated heterocycles. The average Bonchev–Trinajstić information content (AvgIpc) is 2.29. The van der Waals surface area contributed by atoms with Gasteiger partial charge < -0.3 is 10.6 Å². The monoisotopic (exact) mass is 260 g/mol. The van der Waals surface area contributed by atoms with E-state index in [4.69, 9.17) is 5.73 Å². The number of hydrogen-bond donors (Lipinski definition) is 1. The second kappa shape index (κ2) is 6.27. The third-order valence-corrected chi connectivity index (χ3v) is 3.15. The van der Waals surface area contributed by atoms with Crippen LogP contribution in [0.3, 0.4) is 0 Å². The van der Waals surface area contributed by atoms with Crippen LogP contribution in [0.4, 0.5) is 5.82 Å². The first-order chi connectivity index (χ1) is 7.29. The molecule has 1 aromatic heterocycles. The molecule has 90 valence electrons. The summed E-state index contributed by atoms with van der Waals surface area (Å²) in [4.78, 5) is 10.9. The van der Waals surface area contributed by atoms with Crippen LogP contribution in [0.15, 0.2) is 17.4 Å². The molecular formula is C10H17ClN4S. The maximum absolute atomic E-state index is 5.94. The van der Waals surface area contributed by atoms with Gasteiger partial charge in [-0.25, -0.2) is 9.97 Å². The lowest BCUT2D eigenvalue weighted by atomic mass is 10.1. The molecule has 1 aromatic rings. The molecular weight excluding hydrogens is 244 g/mol. The van der Waals surface area contributed by atoms with Crippen LogP contribution < -0.4 is 10.6 Å². The summed E-state index contributed by atoms with van der Waals surface area (Å²) in [5.41, 5.74) is 5.94. The summed E-state index contributed by atoms with van der Waals surface area (Å²) in [6.45, 7) is 1.96. The summed E-state index contributed by atoms with van der Waals surface area (Å²) in [6, 6.07) is 2.24. The predicted molar refractivity (Wildman–Crippen MR) is 70.5 cm³/mol.